The fourth-order valence-electron chi connectivity index (χ4n) is 2.47. The molecule has 1 atom stereocenters. The summed E-state index contributed by atoms with van der Waals surface area (Å²) in [5, 5.41) is 7.41. The van der Waals surface area contributed by atoms with Crippen LogP contribution >= 0.6 is 12.2 Å². The molecule has 0 amide bonds. The van der Waals surface area contributed by atoms with Gasteiger partial charge < -0.3 is 15.5 Å². The second kappa shape index (κ2) is 8.09. The van der Waals surface area contributed by atoms with Crippen LogP contribution in [-0.4, -0.2) is 30.7 Å². The average Bonchev–Trinajstić information content (AvgIpc) is 2.51. The van der Waals surface area contributed by atoms with Gasteiger partial charge in [0.2, 0.25) is 0 Å². The third-order valence-electron chi connectivity index (χ3n) is 3.70. The third kappa shape index (κ3) is 5.34. The van der Waals surface area contributed by atoms with Gasteiger partial charge in [-0.25, -0.2) is 0 Å². The molecule has 4 heteroatoms. The molecule has 2 aromatic carbocycles. The molecule has 23 heavy (non-hydrogen) atoms. The maximum absolute atomic E-state index is 5.53. The summed E-state index contributed by atoms with van der Waals surface area (Å²) in [6.07, 6.45) is 0. The summed E-state index contributed by atoms with van der Waals surface area (Å²) in [6, 6.07) is 16.9. The Labute approximate surface area is 144 Å². The minimum atomic E-state index is 0.149. The molecule has 2 rings (SSSR count). The molecule has 2 N–H and O–H groups in total. The largest absolute Gasteiger partial charge is 0.354 e. The van der Waals surface area contributed by atoms with Gasteiger partial charge in [-0.2, -0.15) is 0 Å². The van der Waals surface area contributed by atoms with Gasteiger partial charge in [-0.15, -0.1) is 0 Å². The van der Waals surface area contributed by atoms with Crippen LogP contribution in [0.3, 0.4) is 0 Å². The maximum atomic E-state index is 5.53. The Morgan fingerprint density at radius 3 is 2.43 bits per heavy atom. The van der Waals surface area contributed by atoms with Gasteiger partial charge >= 0.3 is 0 Å². The van der Waals surface area contributed by atoms with Crippen molar-refractivity contribution in [1.82, 2.24) is 10.2 Å². The topological polar surface area (TPSA) is 27.3 Å². The van der Waals surface area contributed by atoms with Gasteiger partial charge in [-0.05, 0) is 62.9 Å². The number of nitrogens with one attached hydrogen (secondary N) is 2. The lowest BCUT2D eigenvalue weighted by Crippen LogP contribution is -2.37. The van der Waals surface area contributed by atoms with Gasteiger partial charge in [0.15, 0.2) is 5.11 Å². The highest BCUT2D eigenvalue weighted by Crippen LogP contribution is 2.18. The zero-order valence-electron chi connectivity index (χ0n) is 14.3. The summed E-state index contributed by atoms with van der Waals surface area (Å²) in [4.78, 5) is 2.16. The first-order chi connectivity index (χ1) is 11.0. The van der Waals surface area contributed by atoms with E-state index in [1.807, 2.05) is 6.07 Å². The summed E-state index contributed by atoms with van der Waals surface area (Å²) < 4.78 is 0. The van der Waals surface area contributed by atoms with Crippen molar-refractivity contribution in [2.45, 2.75) is 19.9 Å². The Hall–Kier alpha value is -1.91. The fourth-order valence-corrected chi connectivity index (χ4v) is 2.72. The van der Waals surface area contributed by atoms with Crippen LogP contribution in [-0.2, 0) is 0 Å². The lowest BCUT2D eigenvalue weighted by atomic mass is 10.1. The standard InChI is InChI=1S/C19H25N3S/c1-14-10-11-15(2)17(12-14)20-19(23)21-18(13-22(3)4)16-8-6-5-7-9-16/h5-12,18H,13H2,1-4H3,(H2,20,21,23)/t18-/m0/s1. The normalized spacial score (nSPS) is 12.0. The highest BCUT2D eigenvalue weighted by atomic mass is 32.1. The summed E-state index contributed by atoms with van der Waals surface area (Å²) in [5.41, 5.74) is 4.68. The smallest absolute Gasteiger partial charge is 0.171 e. The van der Waals surface area contributed by atoms with E-state index in [0.29, 0.717) is 5.11 Å². The van der Waals surface area contributed by atoms with Crippen molar-refractivity contribution in [3.63, 3.8) is 0 Å². The molecule has 0 radical (unpaired) electrons. The van der Waals surface area contributed by atoms with E-state index in [9.17, 15) is 0 Å². The minimum absolute atomic E-state index is 0.149. The quantitative estimate of drug-likeness (QED) is 0.815. The van der Waals surface area contributed by atoms with Crippen molar-refractivity contribution < 1.29 is 0 Å². The van der Waals surface area contributed by atoms with Crippen molar-refractivity contribution >= 4 is 23.0 Å². The highest BCUT2D eigenvalue weighted by Gasteiger charge is 2.14. The molecule has 0 saturated carbocycles. The molecule has 0 saturated heterocycles. The number of hydrogen-bond donors (Lipinski definition) is 2. The first-order valence-corrected chi connectivity index (χ1v) is 8.21. The molecular formula is C19H25N3S. The first-order valence-electron chi connectivity index (χ1n) is 7.80. The van der Waals surface area contributed by atoms with Crippen molar-refractivity contribution in [3.05, 3.63) is 65.2 Å². The molecule has 0 heterocycles. The SMILES string of the molecule is Cc1ccc(C)c(NC(=S)N[C@@H](CN(C)C)c2ccccc2)c1. The van der Waals surface area contributed by atoms with Gasteiger partial charge in [-0.3, -0.25) is 0 Å². The van der Waals surface area contributed by atoms with Crippen LogP contribution in [0.25, 0.3) is 0 Å². The van der Waals surface area contributed by atoms with Crippen molar-refractivity contribution in [2.24, 2.45) is 0 Å². The predicted molar refractivity (Wildman–Crippen MR) is 103 cm³/mol. The molecule has 122 valence electrons. The van der Waals surface area contributed by atoms with E-state index in [-0.39, 0.29) is 6.04 Å². The third-order valence-corrected chi connectivity index (χ3v) is 3.92. The number of aryl methyl sites for hydroxylation is 2. The number of benzene rings is 2. The van der Waals surface area contributed by atoms with E-state index < -0.39 is 0 Å². The molecule has 0 aliphatic heterocycles. The first kappa shape index (κ1) is 17.4. The van der Waals surface area contributed by atoms with Crippen LogP contribution < -0.4 is 10.6 Å². The molecule has 0 fully saturated rings. The van der Waals surface area contributed by atoms with E-state index in [1.54, 1.807) is 0 Å². The van der Waals surface area contributed by atoms with Gasteiger partial charge in [0.25, 0.3) is 0 Å². The second-order valence-corrected chi connectivity index (χ2v) is 6.55. The Morgan fingerprint density at radius 2 is 1.78 bits per heavy atom. The molecule has 0 aromatic heterocycles. The second-order valence-electron chi connectivity index (χ2n) is 6.14. The van der Waals surface area contributed by atoms with Crippen molar-refractivity contribution in [1.29, 1.82) is 0 Å². The fraction of sp³-hybridized carbons (Fsp3) is 0.316. The van der Waals surface area contributed by atoms with E-state index in [1.165, 1.54) is 16.7 Å². The number of nitrogens with zero attached hydrogens (tertiary/aromatic N) is 1. The molecule has 0 bridgehead atoms. The maximum Gasteiger partial charge on any atom is 0.171 e. The zero-order chi connectivity index (χ0) is 16.8. The number of hydrogen-bond acceptors (Lipinski definition) is 2. The van der Waals surface area contributed by atoms with Crippen LogP contribution in [0.1, 0.15) is 22.7 Å². The van der Waals surface area contributed by atoms with E-state index >= 15 is 0 Å². The van der Waals surface area contributed by atoms with E-state index in [0.717, 1.165) is 12.2 Å². The summed E-state index contributed by atoms with van der Waals surface area (Å²) in [7, 11) is 4.14. The average molecular weight is 327 g/mol. The summed E-state index contributed by atoms with van der Waals surface area (Å²) >= 11 is 5.53. The number of likely N-dealkylation sites (N-methyl/N-ethyl adjacent to an activating group) is 1. The van der Waals surface area contributed by atoms with Crippen LogP contribution in [0.15, 0.2) is 48.5 Å². The highest BCUT2D eigenvalue weighted by molar-refractivity contribution is 7.80. The van der Waals surface area contributed by atoms with Crippen LogP contribution in [0.2, 0.25) is 0 Å². The molecular weight excluding hydrogens is 302 g/mol. The lowest BCUT2D eigenvalue weighted by Gasteiger charge is -2.25. The Kier molecular flexibility index (Phi) is 6.13. The lowest BCUT2D eigenvalue weighted by molar-refractivity contribution is 0.363. The van der Waals surface area contributed by atoms with Crippen LogP contribution in [0.4, 0.5) is 5.69 Å². The van der Waals surface area contributed by atoms with Crippen LogP contribution in [0.5, 0.6) is 0 Å². The Bertz CT molecular complexity index is 653. The van der Waals surface area contributed by atoms with Crippen LogP contribution in [0, 0.1) is 13.8 Å². The Morgan fingerprint density at radius 1 is 1.09 bits per heavy atom. The van der Waals surface area contributed by atoms with E-state index in [2.05, 4.69) is 85.9 Å². The van der Waals surface area contributed by atoms with Gasteiger partial charge in [-0.1, -0.05) is 42.5 Å². The molecule has 0 spiro atoms. The molecule has 0 unspecified atom stereocenters. The number of rotatable bonds is 5. The molecule has 0 aliphatic rings. The zero-order valence-corrected chi connectivity index (χ0v) is 15.1. The number of thiocarbonyl (C=S) groups is 1. The molecule has 2 aromatic rings. The summed E-state index contributed by atoms with van der Waals surface area (Å²) in [6.45, 7) is 5.04. The molecule has 0 aliphatic carbocycles. The van der Waals surface area contributed by atoms with Gasteiger partial charge in [0, 0.05) is 12.2 Å². The van der Waals surface area contributed by atoms with Crippen molar-refractivity contribution in [2.75, 3.05) is 26.0 Å². The van der Waals surface area contributed by atoms with Gasteiger partial charge in [0.05, 0.1) is 6.04 Å². The summed E-state index contributed by atoms with van der Waals surface area (Å²) in [5.74, 6) is 0. The monoisotopic (exact) mass is 327 g/mol. The predicted octanol–water partition coefficient (Wildman–Crippen LogP) is 3.89. The molecule has 3 nitrogen and oxygen atoms in total. The Balaban J connectivity index is 2.10. The van der Waals surface area contributed by atoms with E-state index in [4.69, 9.17) is 12.2 Å². The van der Waals surface area contributed by atoms with Gasteiger partial charge in [0.1, 0.15) is 0 Å². The minimum Gasteiger partial charge on any atom is -0.354 e. The number of anilines is 1. The van der Waals surface area contributed by atoms with Crippen molar-refractivity contribution in [3.8, 4) is 0 Å².